The summed E-state index contributed by atoms with van der Waals surface area (Å²) in [6.45, 7) is 0. The summed E-state index contributed by atoms with van der Waals surface area (Å²) in [7, 11) is 3.14. The Bertz CT molecular complexity index is 1070. The van der Waals surface area contributed by atoms with Gasteiger partial charge in [-0.1, -0.05) is 23.4 Å². The summed E-state index contributed by atoms with van der Waals surface area (Å²) in [5.74, 6) is 2.77. The largest absolute Gasteiger partial charge is 0.497 e. The highest BCUT2D eigenvalue weighted by Crippen LogP contribution is 2.42. The molecule has 8 nitrogen and oxygen atoms in total. The van der Waals surface area contributed by atoms with Gasteiger partial charge in [-0.2, -0.15) is 4.98 Å². The molecule has 1 atom stereocenters. The van der Waals surface area contributed by atoms with Crippen LogP contribution in [0.15, 0.2) is 47.0 Å². The minimum absolute atomic E-state index is 0.286. The van der Waals surface area contributed by atoms with E-state index < -0.39 is 0 Å². The summed E-state index contributed by atoms with van der Waals surface area (Å²) in [5, 5.41) is 7.08. The predicted octanol–water partition coefficient (Wildman–Crippen LogP) is 4.30. The molecule has 154 valence electrons. The topological polar surface area (TPSA) is 89.7 Å². The smallest absolute Gasteiger partial charge is 0.327 e. The lowest BCUT2D eigenvalue weighted by atomic mass is 10.1. The maximum absolute atomic E-state index is 13.4. The number of hydrogen-bond acceptors (Lipinski definition) is 6. The van der Waals surface area contributed by atoms with Crippen LogP contribution in [-0.2, 0) is 6.42 Å². The predicted molar refractivity (Wildman–Crippen MR) is 110 cm³/mol. The number of benzene rings is 2. The number of methoxy groups -OCH3 is 2. The number of ether oxygens (including phenoxy) is 2. The first kappa shape index (κ1) is 18.5. The summed E-state index contributed by atoms with van der Waals surface area (Å²) < 4.78 is 16.2. The van der Waals surface area contributed by atoms with Gasteiger partial charge < -0.3 is 19.3 Å². The van der Waals surface area contributed by atoms with Crippen molar-refractivity contribution < 1.29 is 18.8 Å². The number of carbonyl (C=O) groups is 1. The van der Waals surface area contributed by atoms with E-state index in [0.29, 0.717) is 35.4 Å². The van der Waals surface area contributed by atoms with Crippen molar-refractivity contribution in [2.24, 2.45) is 0 Å². The Balaban J connectivity index is 1.46. The molecular weight excluding hydrogens is 384 g/mol. The molecule has 1 saturated carbocycles. The number of rotatable bonds is 5. The maximum Gasteiger partial charge on any atom is 0.327 e. The highest BCUT2D eigenvalue weighted by molar-refractivity contribution is 6.03. The van der Waals surface area contributed by atoms with Crippen molar-refractivity contribution in [1.82, 2.24) is 10.1 Å². The fourth-order valence-electron chi connectivity index (χ4n) is 3.79. The van der Waals surface area contributed by atoms with Gasteiger partial charge in [-0.05, 0) is 24.5 Å². The molecule has 2 aromatic carbocycles. The van der Waals surface area contributed by atoms with Gasteiger partial charge in [-0.25, -0.2) is 4.79 Å². The highest BCUT2D eigenvalue weighted by Gasteiger charge is 2.39. The Labute approximate surface area is 173 Å². The van der Waals surface area contributed by atoms with Crippen molar-refractivity contribution in [3.63, 3.8) is 0 Å². The van der Waals surface area contributed by atoms with Crippen molar-refractivity contribution >= 4 is 17.4 Å². The van der Waals surface area contributed by atoms with Crippen LogP contribution < -0.4 is 19.7 Å². The molecule has 2 amide bonds. The number of fused-ring (bicyclic) bond motifs is 1. The van der Waals surface area contributed by atoms with E-state index in [1.807, 2.05) is 24.3 Å². The summed E-state index contributed by atoms with van der Waals surface area (Å²) in [5.41, 5.74) is 2.47. The molecule has 1 aliphatic carbocycles. The Morgan fingerprint density at radius 3 is 2.57 bits per heavy atom. The Hall–Kier alpha value is -3.55. The monoisotopic (exact) mass is 406 g/mol. The van der Waals surface area contributed by atoms with Crippen LogP contribution in [0.5, 0.6) is 11.5 Å². The van der Waals surface area contributed by atoms with E-state index in [2.05, 4.69) is 15.5 Å². The van der Waals surface area contributed by atoms with Gasteiger partial charge in [0.15, 0.2) is 5.82 Å². The summed E-state index contributed by atoms with van der Waals surface area (Å²) in [6.07, 6.45) is 2.80. The lowest BCUT2D eigenvalue weighted by Crippen LogP contribution is -2.36. The molecule has 2 heterocycles. The van der Waals surface area contributed by atoms with Crippen molar-refractivity contribution in [3.8, 4) is 11.5 Å². The van der Waals surface area contributed by atoms with E-state index in [1.54, 1.807) is 37.3 Å². The molecule has 8 heteroatoms. The minimum atomic E-state index is -0.352. The number of para-hydroxylation sites is 1. The van der Waals surface area contributed by atoms with Crippen LogP contribution in [-0.4, -0.2) is 30.4 Å². The fraction of sp³-hybridized carbons (Fsp3) is 0.318. The quantitative estimate of drug-likeness (QED) is 0.679. The van der Waals surface area contributed by atoms with E-state index in [1.165, 1.54) is 0 Å². The molecule has 30 heavy (non-hydrogen) atoms. The number of anilines is 2. The Morgan fingerprint density at radius 1 is 1.13 bits per heavy atom. The third-order valence-electron chi connectivity index (χ3n) is 5.48. The van der Waals surface area contributed by atoms with Gasteiger partial charge in [0.05, 0.1) is 14.2 Å². The number of carbonyl (C=O) groups excluding carboxylic acids is 1. The van der Waals surface area contributed by atoms with Crippen LogP contribution in [0.4, 0.5) is 16.2 Å². The van der Waals surface area contributed by atoms with Crippen molar-refractivity contribution in [2.45, 2.75) is 31.2 Å². The normalized spacial score (nSPS) is 17.5. The second-order valence-corrected chi connectivity index (χ2v) is 7.52. The summed E-state index contributed by atoms with van der Waals surface area (Å²) in [4.78, 5) is 19.6. The second kappa shape index (κ2) is 7.37. The van der Waals surface area contributed by atoms with Crippen LogP contribution in [0.1, 0.15) is 42.1 Å². The number of nitrogens with zero attached hydrogens (tertiary/aromatic N) is 3. The van der Waals surface area contributed by atoms with Crippen LogP contribution >= 0.6 is 0 Å². The molecule has 0 radical (unpaired) electrons. The molecule has 0 bridgehead atoms. The molecular formula is C22H22N4O4. The van der Waals surface area contributed by atoms with Crippen molar-refractivity contribution in [3.05, 3.63) is 59.7 Å². The molecule has 0 spiro atoms. The lowest BCUT2D eigenvalue weighted by Gasteiger charge is -2.23. The molecule has 0 saturated heterocycles. The van der Waals surface area contributed by atoms with Crippen LogP contribution in [0.25, 0.3) is 0 Å². The minimum Gasteiger partial charge on any atom is -0.497 e. The molecule has 1 N–H and O–H groups in total. The SMILES string of the molecule is COc1cc(NC(=O)N2c3ccccc3CC2c2nc(C3CC3)no2)cc(OC)c1. The molecule has 1 fully saturated rings. The van der Waals surface area contributed by atoms with E-state index in [9.17, 15) is 4.79 Å². The zero-order valence-electron chi connectivity index (χ0n) is 16.8. The third-order valence-corrected chi connectivity index (χ3v) is 5.48. The first-order chi connectivity index (χ1) is 14.7. The van der Waals surface area contributed by atoms with Gasteiger partial charge in [0.1, 0.15) is 17.5 Å². The standard InChI is InChI=1S/C22H22N4O4/c1-28-16-10-15(11-17(12-16)29-2)23-22(27)26-18-6-4-3-5-14(18)9-19(26)21-24-20(25-30-21)13-7-8-13/h3-6,10-13,19H,7-9H2,1-2H3,(H,23,27). The van der Waals surface area contributed by atoms with Gasteiger partial charge in [0, 0.05) is 41.9 Å². The van der Waals surface area contributed by atoms with E-state index in [0.717, 1.165) is 29.9 Å². The van der Waals surface area contributed by atoms with Crippen LogP contribution in [0, 0.1) is 0 Å². The van der Waals surface area contributed by atoms with E-state index in [4.69, 9.17) is 14.0 Å². The summed E-state index contributed by atoms with van der Waals surface area (Å²) >= 11 is 0. The van der Waals surface area contributed by atoms with Crippen LogP contribution in [0.3, 0.4) is 0 Å². The van der Waals surface area contributed by atoms with Gasteiger partial charge in [0.2, 0.25) is 5.89 Å². The highest BCUT2D eigenvalue weighted by atomic mass is 16.5. The molecule has 1 unspecified atom stereocenters. The molecule has 3 aromatic rings. The average molecular weight is 406 g/mol. The van der Waals surface area contributed by atoms with Crippen LogP contribution in [0.2, 0.25) is 0 Å². The average Bonchev–Trinajstić information content (AvgIpc) is 3.36. The second-order valence-electron chi connectivity index (χ2n) is 7.52. The maximum atomic E-state index is 13.4. The zero-order valence-corrected chi connectivity index (χ0v) is 16.8. The van der Waals surface area contributed by atoms with Crippen molar-refractivity contribution in [1.29, 1.82) is 0 Å². The number of hydrogen-bond donors (Lipinski definition) is 1. The number of amides is 2. The zero-order chi connectivity index (χ0) is 20.7. The first-order valence-corrected chi connectivity index (χ1v) is 9.91. The first-order valence-electron chi connectivity index (χ1n) is 9.91. The summed E-state index contributed by atoms with van der Waals surface area (Å²) in [6, 6.07) is 12.4. The molecule has 1 aliphatic heterocycles. The number of nitrogens with one attached hydrogen (secondary N) is 1. The van der Waals surface area contributed by atoms with Gasteiger partial charge in [0.25, 0.3) is 0 Å². The van der Waals surface area contributed by atoms with E-state index >= 15 is 0 Å². The Kier molecular flexibility index (Phi) is 4.54. The van der Waals surface area contributed by atoms with Gasteiger partial charge >= 0.3 is 6.03 Å². The lowest BCUT2D eigenvalue weighted by molar-refractivity contribution is 0.253. The number of aromatic nitrogens is 2. The van der Waals surface area contributed by atoms with Gasteiger partial charge in [-0.3, -0.25) is 4.90 Å². The van der Waals surface area contributed by atoms with Crippen molar-refractivity contribution in [2.75, 3.05) is 24.4 Å². The fourth-order valence-corrected chi connectivity index (χ4v) is 3.79. The Morgan fingerprint density at radius 2 is 1.87 bits per heavy atom. The molecule has 2 aliphatic rings. The third kappa shape index (κ3) is 3.34. The molecule has 5 rings (SSSR count). The van der Waals surface area contributed by atoms with E-state index in [-0.39, 0.29) is 12.1 Å². The van der Waals surface area contributed by atoms with Gasteiger partial charge in [-0.15, -0.1) is 0 Å². The number of urea groups is 1. The molecule has 1 aromatic heterocycles.